The van der Waals surface area contributed by atoms with Crippen LogP contribution in [0.1, 0.15) is 24.1 Å². The number of aromatic nitrogens is 1. The van der Waals surface area contributed by atoms with Gasteiger partial charge in [0, 0.05) is 23.1 Å². The molecule has 0 atom stereocenters. The molecule has 1 aliphatic rings. The molecule has 1 aromatic heterocycles. The second-order valence-corrected chi connectivity index (χ2v) is 5.11. The summed E-state index contributed by atoms with van der Waals surface area (Å²) in [4.78, 5) is 15.1. The number of carbonyl (C=O) groups is 1. The Labute approximate surface area is 106 Å². The Kier molecular flexibility index (Phi) is 2.41. The highest BCUT2D eigenvalue weighted by Gasteiger charge is 2.45. The van der Waals surface area contributed by atoms with Crippen molar-refractivity contribution in [3.63, 3.8) is 0 Å². The van der Waals surface area contributed by atoms with Crippen LogP contribution in [-0.4, -0.2) is 16.4 Å². The topological polar surface area (TPSA) is 70.9 Å². The molecular formula is C14H17N3O. The zero-order valence-corrected chi connectivity index (χ0v) is 10.4. The third-order valence-corrected chi connectivity index (χ3v) is 3.69. The Hall–Kier alpha value is -1.81. The van der Waals surface area contributed by atoms with Gasteiger partial charge in [0.2, 0.25) is 5.91 Å². The number of carbonyl (C=O) groups excluding carboxylic acids is 1. The molecule has 0 aliphatic heterocycles. The van der Waals surface area contributed by atoms with Gasteiger partial charge in [-0.15, -0.1) is 0 Å². The monoisotopic (exact) mass is 243 g/mol. The Morgan fingerprint density at radius 1 is 1.44 bits per heavy atom. The van der Waals surface area contributed by atoms with Crippen molar-refractivity contribution < 1.29 is 4.79 Å². The highest BCUT2D eigenvalue weighted by molar-refractivity contribution is 5.90. The van der Waals surface area contributed by atoms with E-state index in [1.165, 1.54) is 0 Å². The molecule has 1 aromatic carbocycles. The average Bonchev–Trinajstić information content (AvgIpc) is 3.02. The highest BCUT2D eigenvalue weighted by Crippen LogP contribution is 2.32. The van der Waals surface area contributed by atoms with Crippen LogP contribution < -0.4 is 11.1 Å². The van der Waals surface area contributed by atoms with Crippen LogP contribution in [0.2, 0.25) is 0 Å². The number of nitrogens with two attached hydrogens (primary N) is 1. The van der Waals surface area contributed by atoms with Crippen molar-refractivity contribution >= 4 is 16.8 Å². The van der Waals surface area contributed by atoms with Gasteiger partial charge in [-0.05, 0) is 31.4 Å². The minimum absolute atomic E-state index is 0.0350. The largest absolute Gasteiger partial charge is 0.358 e. The van der Waals surface area contributed by atoms with Crippen molar-refractivity contribution in [2.45, 2.75) is 31.8 Å². The summed E-state index contributed by atoms with van der Waals surface area (Å²) < 4.78 is 0. The average molecular weight is 243 g/mol. The van der Waals surface area contributed by atoms with Gasteiger partial charge in [0.1, 0.15) is 0 Å². The second kappa shape index (κ2) is 3.85. The zero-order valence-electron chi connectivity index (χ0n) is 10.4. The lowest BCUT2D eigenvalue weighted by molar-refractivity contribution is -0.123. The number of amides is 1. The van der Waals surface area contributed by atoms with E-state index < -0.39 is 5.54 Å². The fraction of sp³-hybridized carbons (Fsp3) is 0.357. The van der Waals surface area contributed by atoms with Gasteiger partial charge in [-0.1, -0.05) is 18.2 Å². The molecule has 3 rings (SSSR count). The minimum Gasteiger partial charge on any atom is -0.358 e. The van der Waals surface area contributed by atoms with E-state index >= 15 is 0 Å². The summed E-state index contributed by atoms with van der Waals surface area (Å²) in [6, 6.07) is 8.11. The Morgan fingerprint density at radius 3 is 2.89 bits per heavy atom. The molecule has 0 radical (unpaired) electrons. The molecule has 1 amide bonds. The van der Waals surface area contributed by atoms with Crippen molar-refractivity contribution in [3.05, 3.63) is 35.5 Å². The first-order valence-electron chi connectivity index (χ1n) is 6.23. The number of benzene rings is 1. The predicted octanol–water partition coefficient (Wildman–Crippen LogP) is 1.58. The van der Waals surface area contributed by atoms with Crippen LogP contribution in [0.25, 0.3) is 10.9 Å². The van der Waals surface area contributed by atoms with E-state index in [1.54, 1.807) is 0 Å². The molecule has 4 heteroatoms. The highest BCUT2D eigenvalue weighted by atomic mass is 16.2. The van der Waals surface area contributed by atoms with Crippen LogP contribution in [0, 0.1) is 6.92 Å². The summed E-state index contributed by atoms with van der Waals surface area (Å²) in [6.07, 6.45) is 1.59. The normalized spacial score (nSPS) is 16.8. The molecule has 1 saturated carbocycles. The lowest BCUT2D eigenvalue weighted by Crippen LogP contribution is -2.42. The summed E-state index contributed by atoms with van der Waals surface area (Å²) in [6.45, 7) is 2.56. The maximum absolute atomic E-state index is 11.8. The number of nitrogens with one attached hydrogen (secondary N) is 2. The van der Waals surface area contributed by atoms with Gasteiger partial charge >= 0.3 is 0 Å². The number of aromatic amines is 1. The van der Waals surface area contributed by atoms with Crippen LogP contribution >= 0.6 is 0 Å². The summed E-state index contributed by atoms with van der Waals surface area (Å²) in [5, 5.41) is 4.10. The number of H-pyrrole nitrogens is 1. The van der Waals surface area contributed by atoms with E-state index in [0.717, 1.165) is 35.0 Å². The number of para-hydroxylation sites is 1. The number of rotatable bonds is 3. The fourth-order valence-corrected chi connectivity index (χ4v) is 2.27. The summed E-state index contributed by atoms with van der Waals surface area (Å²) in [7, 11) is 0. The van der Waals surface area contributed by atoms with Crippen LogP contribution in [0.15, 0.2) is 24.3 Å². The van der Waals surface area contributed by atoms with Crippen molar-refractivity contribution in [3.8, 4) is 0 Å². The number of hydrogen-bond donors (Lipinski definition) is 3. The van der Waals surface area contributed by atoms with E-state index in [0.29, 0.717) is 6.54 Å². The maximum Gasteiger partial charge on any atom is 0.240 e. The third-order valence-electron chi connectivity index (χ3n) is 3.69. The first-order chi connectivity index (χ1) is 8.60. The molecule has 94 valence electrons. The van der Waals surface area contributed by atoms with Crippen molar-refractivity contribution in [1.29, 1.82) is 0 Å². The van der Waals surface area contributed by atoms with E-state index in [-0.39, 0.29) is 5.91 Å². The van der Waals surface area contributed by atoms with Crippen molar-refractivity contribution in [1.82, 2.24) is 10.3 Å². The predicted molar refractivity (Wildman–Crippen MR) is 71.0 cm³/mol. The van der Waals surface area contributed by atoms with Crippen LogP contribution in [0.4, 0.5) is 0 Å². The van der Waals surface area contributed by atoms with Gasteiger partial charge in [-0.25, -0.2) is 0 Å². The molecule has 1 heterocycles. The lowest BCUT2D eigenvalue weighted by Gasteiger charge is -2.10. The summed E-state index contributed by atoms with van der Waals surface area (Å²) in [5.74, 6) is -0.0350. The van der Waals surface area contributed by atoms with Gasteiger partial charge in [0.05, 0.1) is 5.54 Å². The Bertz CT molecular complexity index is 611. The molecule has 4 N–H and O–H groups in total. The van der Waals surface area contributed by atoms with Gasteiger partial charge < -0.3 is 16.0 Å². The van der Waals surface area contributed by atoms with Crippen LogP contribution in [0.3, 0.4) is 0 Å². The number of aryl methyl sites for hydroxylation is 1. The standard InChI is InChI=1S/C14H17N3O/c1-9-11(8-16-13(18)14(15)6-7-14)10-4-2-3-5-12(10)17-9/h2-5,17H,6-8,15H2,1H3,(H,16,18). The third kappa shape index (κ3) is 1.78. The molecular weight excluding hydrogens is 226 g/mol. The minimum atomic E-state index is -0.597. The molecule has 0 spiro atoms. The molecule has 0 unspecified atom stereocenters. The first kappa shape index (κ1) is 11.3. The maximum atomic E-state index is 11.8. The zero-order chi connectivity index (χ0) is 12.8. The molecule has 0 saturated heterocycles. The Morgan fingerprint density at radius 2 is 2.17 bits per heavy atom. The SMILES string of the molecule is Cc1[nH]c2ccccc2c1CNC(=O)C1(N)CC1. The van der Waals surface area contributed by atoms with Gasteiger partial charge in [-0.2, -0.15) is 0 Å². The van der Waals surface area contributed by atoms with Crippen molar-refractivity contribution in [2.75, 3.05) is 0 Å². The molecule has 0 bridgehead atoms. The molecule has 1 fully saturated rings. The van der Waals surface area contributed by atoms with Crippen molar-refractivity contribution in [2.24, 2.45) is 5.73 Å². The molecule has 4 nitrogen and oxygen atoms in total. The summed E-state index contributed by atoms with van der Waals surface area (Å²) >= 11 is 0. The van der Waals surface area contributed by atoms with E-state index in [9.17, 15) is 4.79 Å². The first-order valence-corrected chi connectivity index (χ1v) is 6.23. The number of fused-ring (bicyclic) bond motifs is 1. The Balaban J connectivity index is 1.82. The van der Waals surface area contributed by atoms with Gasteiger partial charge in [0.15, 0.2) is 0 Å². The van der Waals surface area contributed by atoms with Gasteiger partial charge in [0.25, 0.3) is 0 Å². The number of hydrogen-bond acceptors (Lipinski definition) is 2. The molecule has 1 aliphatic carbocycles. The van der Waals surface area contributed by atoms with Crippen LogP contribution in [-0.2, 0) is 11.3 Å². The van der Waals surface area contributed by atoms with E-state index in [2.05, 4.69) is 16.4 Å². The quantitative estimate of drug-likeness (QED) is 0.766. The fourth-order valence-electron chi connectivity index (χ4n) is 2.27. The smallest absolute Gasteiger partial charge is 0.240 e. The second-order valence-electron chi connectivity index (χ2n) is 5.11. The van der Waals surface area contributed by atoms with Crippen LogP contribution in [0.5, 0.6) is 0 Å². The van der Waals surface area contributed by atoms with Gasteiger partial charge in [-0.3, -0.25) is 4.79 Å². The molecule has 18 heavy (non-hydrogen) atoms. The van der Waals surface area contributed by atoms with E-state index in [1.807, 2.05) is 25.1 Å². The summed E-state index contributed by atoms with van der Waals surface area (Å²) in [5.41, 5.74) is 8.61. The lowest BCUT2D eigenvalue weighted by atomic mass is 10.1. The molecule has 2 aromatic rings. The van der Waals surface area contributed by atoms with E-state index in [4.69, 9.17) is 5.73 Å².